The fraction of sp³-hybridized carbons (Fsp3) is 0.250. The van der Waals surface area contributed by atoms with E-state index in [0.717, 1.165) is 15.7 Å². The first-order chi connectivity index (χ1) is 8.04. The maximum absolute atomic E-state index is 11.0. The number of hydrogen-bond donors (Lipinski definition) is 2. The van der Waals surface area contributed by atoms with Gasteiger partial charge in [0.1, 0.15) is 5.75 Å². The molecule has 90 valence electrons. The Kier molecular flexibility index (Phi) is 2.67. The van der Waals surface area contributed by atoms with Crippen LogP contribution in [0.4, 0.5) is 0 Å². The van der Waals surface area contributed by atoms with Crippen molar-refractivity contribution in [2.45, 2.75) is 13.3 Å². The van der Waals surface area contributed by atoms with Crippen LogP contribution in [0.3, 0.4) is 0 Å². The highest BCUT2D eigenvalue weighted by molar-refractivity contribution is 5.90. The largest absolute Gasteiger partial charge is 0.497 e. The van der Waals surface area contributed by atoms with Crippen LogP contribution in [0.1, 0.15) is 11.3 Å². The van der Waals surface area contributed by atoms with Gasteiger partial charge in [0, 0.05) is 5.39 Å². The topological polar surface area (TPSA) is 77.5 Å². The molecule has 5 nitrogen and oxygen atoms in total. The second kappa shape index (κ2) is 4.01. The summed E-state index contributed by atoms with van der Waals surface area (Å²) in [7, 11) is 1.57. The molecule has 0 unspecified atom stereocenters. The molecule has 0 aliphatic carbocycles. The zero-order valence-electron chi connectivity index (χ0n) is 9.73. The SMILES string of the molecule is COc1ccc2c(c1)c(CC(N)=O)c(C)n2O. The van der Waals surface area contributed by atoms with Gasteiger partial charge in [0.25, 0.3) is 0 Å². The molecule has 1 aromatic carbocycles. The molecule has 1 amide bonds. The Morgan fingerprint density at radius 2 is 2.24 bits per heavy atom. The van der Waals surface area contributed by atoms with Crippen molar-refractivity contribution >= 4 is 16.8 Å². The first kappa shape index (κ1) is 11.3. The van der Waals surface area contributed by atoms with Crippen LogP contribution in [0.15, 0.2) is 18.2 Å². The van der Waals surface area contributed by atoms with Gasteiger partial charge in [-0.05, 0) is 30.7 Å². The molecule has 5 heteroatoms. The van der Waals surface area contributed by atoms with Gasteiger partial charge < -0.3 is 15.7 Å². The number of primary amides is 1. The normalized spacial score (nSPS) is 10.7. The van der Waals surface area contributed by atoms with Crippen molar-refractivity contribution < 1.29 is 14.7 Å². The third-order valence-corrected chi connectivity index (χ3v) is 2.86. The number of carbonyl (C=O) groups excluding carboxylic acids is 1. The first-order valence-corrected chi connectivity index (χ1v) is 5.20. The summed E-state index contributed by atoms with van der Waals surface area (Å²) in [4.78, 5) is 11.0. The molecule has 1 heterocycles. The third kappa shape index (κ3) is 1.80. The number of nitrogens with zero attached hydrogens (tertiary/aromatic N) is 1. The number of hydrogen-bond acceptors (Lipinski definition) is 3. The van der Waals surface area contributed by atoms with Crippen molar-refractivity contribution in [3.8, 4) is 5.75 Å². The fourth-order valence-electron chi connectivity index (χ4n) is 1.97. The summed E-state index contributed by atoms with van der Waals surface area (Å²) in [5.41, 5.74) is 7.19. The second-order valence-corrected chi connectivity index (χ2v) is 3.90. The standard InChI is InChI=1S/C12H14N2O3/c1-7-9(6-12(13)15)10-5-8(17-2)3-4-11(10)14(7)16/h3-5,16H,6H2,1-2H3,(H2,13,15). The summed E-state index contributed by atoms with van der Waals surface area (Å²) in [6, 6.07) is 5.28. The lowest BCUT2D eigenvalue weighted by molar-refractivity contribution is -0.117. The summed E-state index contributed by atoms with van der Waals surface area (Å²) >= 11 is 0. The molecule has 0 aliphatic heterocycles. The quantitative estimate of drug-likeness (QED) is 0.784. The molecule has 1 aromatic heterocycles. The Morgan fingerprint density at radius 1 is 1.53 bits per heavy atom. The Bertz CT molecular complexity index is 587. The van der Waals surface area contributed by atoms with Crippen molar-refractivity contribution in [3.63, 3.8) is 0 Å². The summed E-state index contributed by atoms with van der Waals surface area (Å²) in [6.45, 7) is 1.74. The highest BCUT2D eigenvalue weighted by Crippen LogP contribution is 2.28. The van der Waals surface area contributed by atoms with Gasteiger partial charge in [0.15, 0.2) is 0 Å². The number of carbonyl (C=O) groups is 1. The fourth-order valence-corrected chi connectivity index (χ4v) is 1.97. The Balaban J connectivity index is 2.71. The zero-order valence-corrected chi connectivity index (χ0v) is 9.73. The minimum absolute atomic E-state index is 0.100. The molecular formula is C12H14N2O3. The lowest BCUT2D eigenvalue weighted by Gasteiger charge is -2.00. The molecule has 0 bridgehead atoms. The molecular weight excluding hydrogens is 220 g/mol. The van der Waals surface area contributed by atoms with Crippen LogP contribution in [0.25, 0.3) is 10.9 Å². The van der Waals surface area contributed by atoms with Crippen molar-refractivity contribution in [3.05, 3.63) is 29.5 Å². The number of amides is 1. The van der Waals surface area contributed by atoms with E-state index in [1.54, 1.807) is 32.2 Å². The minimum Gasteiger partial charge on any atom is -0.497 e. The number of fused-ring (bicyclic) bond motifs is 1. The van der Waals surface area contributed by atoms with Gasteiger partial charge in [0.2, 0.25) is 5.91 Å². The monoisotopic (exact) mass is 234 g/mol. The van der Waals surface area contributed by atoms with Gasteiger partial charge in [-0.1, -0.05) is 0 Å². The van der Waals surface area contributed by atoms with E-state index in [-0.39, 0.29) is 6.42 Å². The van der Waals surface area contributed by atoms with E-state index in [2.05, 4.69) is 0 Å². The molecule has 0 radical (unpaired) electrons. The molecule has 0 atom stereocenters. The molecule has 3 N–H and O–H groups in total. The van der Waals surface area contributed by atoms with Crippen molar-refractivity contribution in [1.82, 2.24) is 4.73 Å². The lowest BCUT2D eigenvalue weighted by Crippen LogP contribution is -2.14. The van der Waals surface area contributed by atoms with E-state index in [1.807, 2.05) is 0 Å². The van der Waals surface area contributed by atoms with E-state index in [0.29, 0.717) is 17.0 Å². The number of methoxy groups -OCH3 is 1. The van der Waals surface area contributed by atoms with Crippen molar-refractivity contribution in [1.29, 1.82) is 0 Å². The van der Waals surface area contributed by atoms with E-state index in [1.165, 1.54) is 0 Å². The van der Waals surface area contributed by atoms with Crippen molar-refractivity contribution in [2.75, 3.05) is 7.11 Å². The van der Waals surface area contributed by atoms with Gasteiger partial charge in [-0.15, -0.1) is 0 Å². The molecule has 2 aromatic rings. The summed E-state index contributed by atoms with van der Waals surface area (Å²) in [5.74, 6) is 0.247. The first-order valence-electron chi connectivity index (χ1n) is 5.20. The van der Waals surface area contributed by atoms with Crippen LogP contribution in [0.2, 0.25) is 0 Å². The highest BCUT2D eigenvalue weighted by Gasteiger charge is 2.15. The summed E-state index contributed by atoms with van der Waals surface area (Å²) in [5, 5.41) is 10.7. The van der Waals surface area contributed by atoms with E-state index < -0.39 is 5.91 Å². The van der Waals surface area contributed by atoms with Gasteiger partial charge >= 0.3 is 0 Å². The van der Waals surface area contributed by atoms with Gasteiger partial charge in [-0.2, -0.15) is 4.73 Å². The number of aromatic nitrogens is 1. The van der Waals surface area contributed by atoms with Crippen LogP contribution in [-0.2, 0) is 11.2 Å². The van der Waals surface area contributed by atoms with E-state index in [9.17, 15) is 10.0 Å². The third-order valence-electron chi connectivity index (χ3n) is 2.86. The zero-order chi connectivity index (χ0) is 12.6. The molecule has 2 rings (SSSR count). The smallest absolute Gasteiger partial charge is 0.221 e. The van der Waals surface area contributed by atoms with Crippen LogP contribution >= 0.6 is 0 Å². The Morgan fingerprint density at radius 3 is 2.82 bits per heavy atom. The predicted octanol–water partition coefficient (Wildman–Crippen LogP) is 1.22. The van der Waals surface area contributed by atoms with Crippen molar-refractivity contribution in [2.24, 2.45) is 5.73 Å². The number of rotatable bonds is 3. The predicted molar refractivity (Wildman–Crippen MR) is 63.3 cm³/mol. The highest BCUT2D eigenvalue weighted by atomic mass is 16.5. The van der Waals surface area contributed by atoms with E-state index >= 15 is 0 Å². The Hall–Kier alpha value is -2.17. The summed E-state index contributed by atoms with van der Waals surface area (Å²) in [6.07, 6.45) is 0.100. The maximum Gasteiger partial charge on any atom is 0.221 e. The van der Waals surface area contributed by atoms with Crippen LogP contribution in [0, 0.1) is 6.92 Å². The average Bonchev–Trinajstić information content (AvgIpc) is 2.53. The van der Waals surface area contributed by atoms with Crippen LogP contribution in [-0.4, -0.2) is 23.0 Å². The Labute approximate surface area is 98.4 Å². The second-order valence-electron chi connectivity index (χ2n) is 3.90. The molecule has 0 spiro atoms. The molecule has 0 fully saturated rings. The van der Waals surface area contributed by atoms with E-state index in [4.69, 9.17) is 10.5 Å². The number of benzene rings is 1. The maximum atomic E-state index is 11.0. The number of nitrogens with two attached hydrogens (primary N) is 1. The molecule has 0 saturated heterocycles. The van der Waals surface area contributed by atoms with Gasteiger partial charge in [-0.3, -0.25) is 4.79 Å². The van der Waals surface area contributed by atoms with Gasteiger partial charge in [0.05, 0.1) is 24.7 Å². The molecule has 17 heavy (non-hydrogen) atoms. The number of ether oxygens (including phenoxy) is 1. The van der Waals surface area contributed by atoms with Gasteiger partial charge in [-0.25, -0.2) is 0 Å². The van der Waals surface area contributed by atoms with Crippen LogP contribution in [0.5, 0.6) is 5.75 Å². The van der Waals surface area contributed by atoms with Crippen LogP contribution < -0.4 is 10.5 Å². The lowest BCUT2D eigenvalue weighted by atomic mass is 10.1. The molecule has 0 saturated carbocycles. The molecule has 0 aliphatic rings. The summed E-state index contributed by atoms with van der Waals surface area (Å²) < 4.78 is 6.19. The average molecular weight is 234 g/mol. The minimum atomic E-state index is -0.427.